The maximum absolute atomic E-state index is 13.9. The van der Waals surface area contributed by atoms with Gasteiger partial charge in [0.05, 0.1) is 0 Å². The summed E-state index contributed by atoms with van der Waals surface area (Å²) in [6, 6.07) is 4.33. The van der Waals surface area contributed by atoms with Gasteiger partial charge in [-0.3, -0.25) is 0 Å². The Labute approximate surface area is 175 Å². The molecule has 0 amide bonds. The smallest absolute Gasteiger partial charge is 0.144 e. The van der Waals surface area contributed by atoms with Gasteiger partial charge in [0.25, 0.3) is 0 Å². The fourth-order valence-corrected chi connectivity index (χ4v) is 5.25. The zero-order valence-corrected chi connectivity index (χ0v) is 17.8. The molecule has 3 heteroatoms. The Balaban J connectivity index is 1.43. The van der Waals surface area contributed by atoms with Crippen molar-refractivity contribution < 1.29 is 8.78 Å². The lowest BCUT2D eigenvalue weighted by molar-refractivity contribution is 0.288. The highest BCUT2D eigenvalue weighted by Gasteiger charge is 2.24. The summed E-state index contributed by atoms with van der Waals surface area (Å²) in [6.45, 7) is 2.27. The number of rotatable bonds is 7. The van der Waals surface area contributed by atoms with Crippen molar-refractivity contribution in [3.8, 4) is 6.07 Å². The van der Waals surface area contributed by atoms with Gasteiger partial charge in [-0.15, -0.1) is 0 Å². The molecule has 0 spiro atoms. The lowest BCUT2D eigenvalue weighted by Crippen LogP contribution is -2.15. The highest BCUT2D eigenvalue weighted by Crippen LogP contribution is 2.38. The van der Waals surface area contributed by atoms with Crippen LogP contribution < -0.4 is 0 Å². The Morgan fingerprint density at radius 1 is 0.897 bits per heavy atom. The maximum Gasteiger partial charge on any atom is 0.144 e. The van der Waals surface area contributed by atoms with Gasteiger partial charge >= 0.3 is 0 Å². The van der Waals surface area contributed by atoms with E-state index in [0.717, 1.165) is 37.5 Å². The normalized spacial score (nSPS) is 27.8. The van der Waals surface area contributed by atoms with Crippen molar-refractivity contribution in [2.75, 3.05) is 0 Å². The summed E-state index contributed by atoms with van der Waals surface area (Å²) in [5, 5.41) is 8.83. The van der Waals surface area contributed by atoms with Crippen molar-refractivity contribution in [2.45, 2.75) is 89.9 Å². The number of benzene rings is 1. The molecule has 29 heavy (non-hydrogen) atoms. The van der Waals surface area contributed by atoms with E-state index in [1.54, 1.807) is 6.07 Å². The van der Waals surface area contributed by atoms with E-state index in [0.29, 0.717) is 11.5 Å². The maximum atomic E-state index is 13.9. The van der Waals surface area contributed by atoms with Crippen LogP contribution in [0.15, 0.2) is 24.3 Å². The van der Waals surface area contributed by atoms with Crippen LogP contribution in [0, 0.1) is 40.7 Å². The molecule has 0 unspecified atom stereocenters. The van der Waals surface area contributed by atoms with Crippen LogP contribution in [0.2, 0.25) is 0 Å². The van der Waals surface area contributed by atoms with Gasteiger partial charge in [0.2, 0.25) is 0 Å². The number of allylic oxidation sites excluding steroid dienone is 2. The number of nitriles is 1. The van der Waals surface area contributed by atoms with Crippen molar-refractivity contribution in [3.63, 3.8) is 0 Å². The second-order valence-corrected chi connectivity index (χ2v) is 9.24. The average molecular weight is 400 g/mol. The standard InChI is InChI=1S/C26H35F2N/c1-2-3-4-5-19-6-8-20(9-7-19)10-11-21-12-14-22(15-13-21)23-16-25(27)24(18-29)26(28)17-23/h10-11,16-17,19-22H,2-9,12-15H2,1H3/b11-10+/t19-,20-,21-,22-. The van der Waals surface area contributed by atoms with Crippen LogP contribution in [0.1, 0.15) is 101 Å². The highest BCUT2D eigenvalue weighted by molar-refractivity contribution is 5.36. The third kappa shape index (κ3) is 6.14. The van der Waals surface area contributed by atoms with Crippen molar-refractivity contribution >= 4 is 0 Å². The minimum atomic E-state index is -0.727. The Morgan fingerprint density at radius 2 is 1.45 bits per heavy atom. The number of unbranched alkanes of at least 4 members (excludes halogenated alkanes) is 2. The molecule has 0 radical (unpaired) electrons. The number of hydrogen-bond donors (Lipinski definition) is 0. The minimum Gasteiger partial charge on any atom is -0.205 e. The molecule has 0 aromatic heterocycles. The summed E-state index contributed by atoms with van der Waals surface area (Å²) in [4.78, 5) is 0. The fourth-order valence-electron chi connectivity index (χ4n) is 5.25. The monoisotopic (exact) mass is 399 g/mol. The van der Waals surface area contributed by atoms with Gasteiger partial charge in [-0.25, -0.2) is 8.78 Å². The summed E-state index contributed by atoms with van der Waals surface area (Å²) in [6.07, 6.45) is 20.0. The molecule has 0 saturated heterocycles. The Hall–Kier alpha value is -1.69. The zero-order chi connectivity index (χ0) is 20.6. The van der Waals surface area contributed by atoms with E-state index >= 15 is 0 Å². The van der Waals surface area contributed by atoms with E-state index in [1.807, 2.05) is 0 Å². The first kappa shape index (κ1) is 22.0. The second-order valence-electron chi connectivity index (χ2n) is 9.24. The SMILES string of the molecule is CCCCC[C@H]1CC[C@H](/C=C/[C@H]2CC[C@H](c3cc(F)c(C#N)c(F)c3)CC2)CC1. The Morgan fingerprint density at radius 3 is 1.97 bits per heavy atom. The number of halogens is 2. The van der Waals surface area contributed by atoms with Crippen LogP contribution in [-0.4, -0.2) is 0 Å². The van der Waals surface area contributed by atoms with Crippen LogP contribution in [0.5, 0.6) is 0 Å². The van der Waals surface area contributed by atoms with Crippen molar-refractivity contribution in [1.82, 2.24) is 0 Å². The third-order valence-electron chi connectivity index (χ3n) is 7.18. The summed E-state index contributed by atoms with van der Waals surface area (Å²) in [5.74, 6) is 1.05. The molecule has 1 aromatic carbocycles. The molecule has 3 rings (SSSR count). The first-order valence-corrected chi connectivity index (χ1v) is 11.7. The van der Waals surface area contributed by atoms with E-state index in [2.05, 4.69) is 19.1 Å². The molecule has 0 heterocycles. The predicted octanol–water partition coefficient (Wildman–Crippen LogP) is 8.05. The summed E-state index contributed by atoms with van der Waals surface area (Å²) >= 11 is 0. The second kappa shape index (κ2) is 10.9. The Bertz CT molecular complexity index is 694. The van der Waals surface area contributed by atoms with Gasteiger partial charge in [0.1, 0.15) is 23.3 Å². The van der Waals surface area contributed by atoms with Crippen molar-refractivity contribution in [3.05, 3.63) is 47.0 Å². The molecular weight excluding hydrogens is 364 g/mol. The third-order valence-corrected chi connectivity index (χ3v) is 7.18. The minimum absolute atomic E-state index is 0.204. The van der Waals surface area contributed by atoms with Crippen LogP contribution in [0.25, 0.3) is 0 Å². The molecule has 1 aromatic rings. The van der Waals surface area contributed by atoms with E-state index in [9.17, 15) is 8.78 Å². The van der Waals surface area contributed by atoms with Gasteiger partial charge in [-0.2, -0.15) is 5.26 Å². The van der Waals surface area contributed by atoms with Gasteiger partial charge in [0.15, 0.2) is 0 Å². The van der Waals surface area contributed by atoms with Gasteiger partial charge in [-0.1, -0.05) is 44.8 Å². The topological polar surface area (TPSA) is 23.8 Å². The van der Waals surface area contributed by atoms with E-state index in [4.69, 9.17) is 5.26 Å². The lowest BCUT2D eigenvalue weighted by Gasteiger charge is -2.29. The molecule has 2 fully saturated rings. The average Bonchev–Trinajstić information content (AvgIpc) is 2.73. The van der Waals surface area contributed by atoms with Crippen LogP contribution in [0.4, 0.5) is 8.78 Å². The number of hydrogen-bond acceptors (Lipinski definition) is 1. The molecule has 1 nitrogen and oxygen atoms in total. The van der Waals surface area contributed by atoms with Gasteiger partial charge in [0, 0.05) is 0 Å². The van der Waals surface area contributed by atoms with Gasteiger partial charge in [-0.05, 0) is 92.7 Å². The first-order valence-electron chi connectivity index (χ1n) is 11.7. The van der Waals surface area contributed by atoms with Crippen molar-refractivity contribution in [2.24, 2.45) is 17.8 Å². The summed E-state index contributed by atoms with van der Waals surface area (Å²) < 4.78 is 27.8. The molecular formula is C26H35F2N. The van der Waals surface area contributed by atoms with Crippen LogP contribution in [0.3, 0.4) is 0 Å². The largest absolute Gasteiger partial charge is 0.205 e. The molecule has 2 aliphatic rings. The lowest BCUT2D eigenvalue weighted by atomic mass is 9.76. The zero-order valence-electron chi connectivity index (χ0n) is 17.8. The number of nitrogens with zero attached hydrogens (tertiary/aromatic N) is 1. The molecule has 158 valence electrons. The molecule has 0 N–H and O–H groups in total. The van der Waals surface area contributed by atoms with Gasteiger partial charge < -0.3 is 0 Å². The molecule has 0 aliphatic heterocycles. The molecule has 2 aliphatic carbocycles. The molecule has 0 bridgehead atoms. The Kier molecular flexibility index (Phi) is 8.28. The summed E-state index contributed by atoms with van der Waals surface area (Å²) in [7, 11) is 0. The fraction of sp³-hybridized carbons (Fsp3) is 0.654. The quantitative estimate of drug-likeness (QED) is 0.336. The van der Waals surface area contributed by atoms with E-state index < -0.39 is 17.2 Å². The molecule has 2 saturated carbocycles. The van der Waals surface area contributed by atoms with E-state index in [-0.39, 0.29) is 5.92 Å². The van der Waals surface area contributed by atoms with Crippen molar-refractivity contribution in [1.29, 1.82) is 5.26 Å². The summed E-state index contributed by atoms with van der Waals surface area (Å²) in [5.41, 5.74) is 0.244. The van der Waals surface area contributed by atoms with Crippen LogP contribution in [-0.2, 0) is 0 Å². The van der Waals surface area contributed by atoms with E-state index in [1.165, 1.54) is 63.5 Å². The van der Waals surface area contributed by atoms with Crippen LogP contribution >= 0.6 is 0 Å². The molecule has 0 atom stereocenters. The highest BCUT2D eigenvalue weighted by atomic mass is 19.1. The first-order chi connectivity index (χ1) is 14.1. The predicted molar refractivity (Wildman–Crippen MR) is 115 cm³/mol.